The molecule has 0 spiro atoms. The maximum atomic E-state index is 12.5. The van der Waals surface area contributed by atoms with Crippen molar-refractivity contribution in [3.8, 4) is 11.5 Å². The van der Waals surface area contributed by atoms with Gasteiger partial charge in [-0.25, -0.2) is 0 Å². The Labute approximate surface area is 159 Å². The Kier molecular flexibility index (Phi) is 5.40. The molecule has 0 aliphatic carbocycles. The Morgan fingerprint density at radius 2 is 1.81 bits per heavy atom. The van der Waals surface area contributed by atoms with Crippen molar-refractivity contribution in [1.82, 2.24) is 0 Å². The quantitative estimate of drug-likeness (QED) is 0.465. The summed E-state index contributed by atoms with van der Waals surface area (Å²) in [6, 6.07) is 12.1. The predicted molar refractivity (Wildman–Crippen MR) is 106 cm³/mol. The van der Waals surface area contributed by atoms with E-state index in [2.05, 4.69) is 0 Å². The van der Waals surface area contributed by atoms with Crippen molar-refractivity contribution in [3.05, 3.63) is 74.2 Å². The van der Waals surface area contributed by atoms with E-state index in [-0.39, 0.29) is 16.1 Å². The van der Waals surface area contributed by atoms with Crippen molar-refractivity contribution < 1.29 is 14.3 Å². The molecular formula is C20H15ClO4S. The predicted octanol–water partition coefficient (Wildman–Crippen LogP) is 4.83. The van der Waals surface area contributed by atoms with E-state index >= 15 is 0 Å². The molecule has 2 aromatic carbocycles. The van der Waals surface area contributed by atoms with Crippen LogP contribution < -0.4 is 14.2 Å². The van der Waals surface area contributed by atoms with E-state index in [1.54, 1.807) is 55.7 Å². The fourth-order valence-electron chi connectivity index (χ4n) is 2.46. The summed E-state index contributed by atoms with van der Waals surface area (Å²) >= 11 is 6.84. The van der Waals surface area contributed by atoms with Crippen LogP contribution in [0.15, 0.2) is 53.3 Å². The van der Waals surface area contributed by atoms with Crippen LogP contribution >= 0.6 is 22.9 Å². The van der Waals surface area contributed by atoms with Gasteiger partial charge in [-0.2, -0.15) is 0 Å². The van der Waals surface area contributed by atoms with Gasteiger partial charge in [-0.3, -0.25) is 9.59 Å². The van der Waals surface area contributed by atoms with E-state index in [1.807, 2.05) is 0 Å². The number of rotatable bonds is 5. The first kappa shape index (κ1) is 18.2. The molecule has 0 saturated heterocycles. The number of hydrogen-bond donors (Lipinski definition) is 0. The van der Waals surface area contributed by atoms with E-state index in [9.17, 15) is 9.59 Å². The van der Waals surface area contributed by atoms with Crippen LogP contribution in [0.25, 0.3) is 16.2 Å². The number of ketones is 1. The maximum Gasteiger partial charge on any atom is 0.244 e. The van der Waals surface area contributed by atoms with Crippen molar-refractivity contribution >= 4 is 44.9 Å². The number of halogens is 1. The molecule has 4 nitrogen and oxygen atoms in total. The maximum absolute atomic E-state index is 12.5. The highest BCUT2D eigenvalue weighted by molar-refractivity contribution is 7.16. The second-order valence-corrected chi connectivity index (χ2v) is 6.89. The molecule has 132 valence electrons. The van der Waals surface area contributed by atoms with Gasteiger partial charge in [0.15, 0.2) is 5.78 Å². The molecule has 0 fully saturated rings. The summed E-state index contributed by atoms with van der Waals surface area (Å²) in [6.45, 7) is 0. The molecule has 1 heterocycles. The number of carbonyl (C=O) groups excluding carboxylic acids is 1. The molecule has 3 rings (SSSR count). The molecule has 0 unspecified atom stereocenters. The SMILES string of the molecule is COc1cc(OC)c2cc(C(=O)/C=C/c3ccc(Cl)cc3)c(=O)sc2c1. The number of hydrogen-bond acceptors (Lipinski definition) is 5. The first-order valence-electron chi connectivity index (χ1n) is 7.69. The third kappa shape index (κ3) is 3.79. The van der Waals surface area contributed by atoms with Crippen molar-refractivity contribution in [3.63, 3.8) is 0 Å². The summed E-state index contributed by atoms with van der Waals surface area (Å²) in [6.07, 6.45) is 3.03. The third-order valence-corrected chi connectivity index (χ3v) is 5.02. The summed E-state index contributed by atoms with van der Waals surface area (Å²) in [5.41, 5.74) is 0.929. The minimum absolute atomic E-state index is 0.108. The van der Waals surface area contributed by atoms with Crippen LogP contribution in [0.4, 0.5) is 0 Å². The molecule has 0 N–H and O–H groups in total. The highest BCUT2D eigenvalue weighted by Crippen LogP contribution is 2.32. The number of methoxy groups -OCH3 is 2. The lowest BCUT2D eigenvalue weighted by Crippen LogP contribution is -2.09. The molecule has 26 heavy (non-hydrogen) atoms. The van der Waals surface area contributed by atoms with Gasteiger partial charge in [0.25, 0.3) is 0 Å². The van der Waals surface area contributed by atoms with Gasteiger partial charge in [0.05, 0.1) is 19.8 Å². The number of carbonyl (C=O) groups is 1. The van der Waals surface area contributed by atoms with E-state index < -0.39 is 0 Å². The highest BCUT2D eigenvalue weighted by atomic mass is 35.5. The molecule has 1 aromatic heterocycles. The Bertz CT molecular complexity index is 1050. The Balaban J connectivity index is 2.01. The van der Waals surface area contributed by atoms with Gasteiger partial charge in [0.1, 0.15) is 11.5 Å². The minimum Gasteiger partial charge on any atom is -0.497 e. The summed E-state index contributed by atoms with van der Waals surface area (Å²) in [5, 5.41) is 1.32. The minimum atomic E-state index is -0.360. The van der Waals surface area contributed by atoms with E-state index in [4.69, 9.17) is 21.1 Å². The van der Waals surface area contributed by atoms with Crippen LogP contribution in [0.5, 0.6) is 11.5 Å². The molecule has 0 amide bonds. The average Bonchev–Trinajstić information content (AvgIpc) is 2.65. The Morgan fingerprint density at radius 1 is 1.08 bits per heavy atom. The van der Waals surface area contributed by atoms with Crippen LogP contribution in [0, 0.1) is 0 Å². The average molecular weight is 387 g/mol. The zero-order valence-electron chi connectivity index (χ0n) is 14.1. The molecule has 0 saturated carbocycles. The van der Waals surface area contributed by atoms with Gasteiger partial charge < -0.3 is 9.47 Å². The topological polar surface area (TPSA) is 52.6 Å². The second kappa shape index (κ2) is 7.72. The molecule has 6 heteroatoms. The number of ether oxygens (including phenoxy) is 2. The van der Waals surface area contributed by atoms with E-state index in [0.717, 1.165) is 16.9 Å². The monoisotopic (exact) mass is 386 g/mol. The molecular weight excluding hydrogens is 372 g/mol. The van der Waals surface area contributed by atoms with Crippen LogP contribution in [-0.2, 0) is 0 Å². The fourth-order valence-corrected chi connectivity index (χ4v) is 3.50. The summed E-state index contributed by atoms with van der Waals surface area (Å²) in [4.78, 5) is 24.9. The highest BCUT2D eigenvalue weighted by Gasteiger charge is 2.13. The van der Waals surface area contributed by atoms with Crippen LogP contribution in [0.3, 0.4) is 0 Å². The van der Waals surface area contributed by atoms with Crippen molar-refractivity contribution in [2.75, 3.05) is 14.2 Å². The third-order valence-electron chi connectivity index (χ3n) is 3.81. The van der Waals surface area contributed by atoms with Crippen molar-refractivity contribution in [2.24, 2.45) is 0 Å². The lowest BCUT2D eigenvalue weighted by molar-refractivity contribution is 0.104. The molecule has 0 aliphatic rings. The summed E-state index contributed by atoms with van der Waals surface area (Å²) in [5.74, 6) is 0.777. The second-order valence-electron chi connectivity index (χ2n) is 5.44. The lowest BCUT2D eigenvalue weighted by atomic mass is 10.1. The number of fused-ring (bicyclic) bond motifs is 1. The van der Waals surface area contributed by atoms with Crippen molar-refractivity contribution in [1.29, 1.82) is 0 Å². The molecule has 0 radical (unpaired) electrons. The first-order valence-corrected chi connectivity index (χ1v) is 8.89. The molecule has 0 atom stereocenters. The van der Waals surface area contributed by atoms with Crippen LogP contribution in [0.1, 0.15) is 15.9 Å². The summed E-state index contributed by atoms with van der Waals surface area (Å²) < 4.78 is 11.0. The zero-order chi connectivity index (χ0) is 18.7. The Morgan fingerprint density at radius 3 is 2.46 bits per heavy atom. The van der Waals surface area contributed by atoms with E-state index in [1.165, 1.54) is 13.2 Å². The van der Waals surface area contributed by atoms with Gasteiger partial charge in [-0.15, -0.1) is 0 Å². The largest absolute Gasteiger partial charge is 0.497 e. The number of benzene rings is 2. The van der Waals surface area contributed by atoms with Gasteiger partial charge >= 0.3 is 0 Å². The fraction of sp³-hybridized carbons (Fsp3) is 0.100. The van der Waals surface area contributed by atoms with Gasteiger partial charge in [0.2, 0.25) is 4.74 Å². The number of allylic oxidation sites excluding steroid dienone is 1. The van der Waals surface area contributed by atoms with Crippen LogP contribution in [-0.4, -0.2) is 20.0 Å². The zero-order valence-corrected chi connectivity index (χ0v) is 15.7. The molecule has 3 aromatic rings. The van der Waals surface area contributed by atoms with Gasteiger partial charge in [-0.1, -0.05) is 41.1 Å². The lowest BCUT2D eigenvalue weighted by Gasteiger charge is -2.08. The van der Waals surface area contributed by atoms with Gasteiger partial charge in [0, 0.05) is 21.2 Å². The smallest absolute Gasteiger partial charge is 0.244 e. The molecule has 0 bridgehead atoms. The normalized spacial score (nSPS) is 11.0. The first-order chi connectivity index (χ1) is 12.5. The van der Waals surface area contributed by atoms with Crippen molar-refractivity contribution in [2.45, 2.75) is 0 Å². The Hall–Kier alpha value is -2.63. The summed E-state index contributed by atoms with van der Waals surface area (Å²) in [7, 11) is 3.08. The van der Waals surface area contributed by atoms with Crippen LogP contribution in [0.2, 0.25) is 5.02 Å². The standard InChI is InChI=1S/C20H15ClO4S/c1-24-14-9-18(25-2)16-11-15(20(23)26-19(16)10-14)17(22)8-5-12-3-6-13(21)7-4-12/h3-11H,1-2H3/b8-5+. The molecule has 0 aliphatic heterocycles. The van der Waals surface area contributed by atoms with E-state index in [0.29, 0.717) is 26.6 Å². The van der Waals surface area contributed by atoms with Gasteiger partial charge in [-0.05, 0) is 35.9 Å².